The van der Waals surface area contributed by atoms with Crippen LogP contribution in [-0.2, 0) is 9.53 Å². The monoisotopic (exact) mass is 263 g/mol. The van der Waals surface area contributed by atoms with Gasteiger partial charge in [-0.15, -0.1) is 0 Å². The highest BCUT2D eigenvalue weighted by atomic mass is 16.5. The second kappa shape index (κ2) is 6.68. The summed E-state index contributed by atoms with van der Waals surface area (Å²) < 4.78 is 5.74. The number of carboxylic acids is 1. The van der Waals surface area contributed by atoms with Crippen LogP contribution in [0.2, 0.25) is 0 Å². The van der Waals surface area contributed by atoms with E-state index in [0.29, 0.717) is 13.0 Å². The molecule has 0 amide bonds. The zero-order chi connectivity index (χ0) is 13.7. The first-order valence-corrected chi connectivity index (χ1v) is 6.79. The van der Waals surface area contributed by atoms with Crippen molar-refractivity contribution >= 4 is 5.97 Å². The van der Waals surface area contributed by atoms with E-state index in [2.05, 4.69) is 24.0 Å². The Morgan fingerprint density at radius 2 is 2.16 bits per heavy atom. The SMILES string of the molecule is C[C@H]1CN(CCCC(=O)O)[C@H](c2ccccc2)CO1. The summed E-state index contributed by atoms with van der Waals surface area (Å²) in [6, 6.07) is 10.5. The van der Waals surface area contributed by atoms with Crippen LogP contribution < -0.4 is 0 Å². The fraction of sp³-hybridized carbons (Fsp3) is 0.533. The number of rotatable bonds is 5. The molecule has 4 heteroatoms. The summed E-state index contributed by atoms with van der Waals surface area (Å²) in [5.74, 6) is -0.724. The average molecular weight is 263 g/mol. The molecule has 104 valence electrons. The zero-order valence-electron chi connectivity index (χ0n) is 11.3. The molecule has 0 saturated carbocycles. The van der Waals surface area contributed by atoms with Gasteiger partial charge in [0.1, 0.15) is 0 Å². The fourth-order valence-electron chi connectivity index (χ4n) is 2.53. The predicted molar refractivity (Wildman–Crippen MR) is 73.0 cm³/mol. The van der Waals surface area contributed by atoms with Crippen LogP contribution in [0, 0.1) is 0 Å². The predicted octanol–water partition coefficient (Wildman–Crippen LogP) is 2.31. The molecule has 1 aromatic rings. The Morgan fingerprint density at radius 3 is 2.84 bits per heavy atom. The second-order valence-electron chi connectivity index (χ2n) is 5.06. The lowest BCUT2D eigenvalue weighted by atomic mass is 10.0. The van der Waals surface area contributed by atoms with E-state index < -0.39 is 5.97 Å². The highest BCUT2D eigenvalue weighted by Gasteiger charge is 2.27. The minimum atomic E-state index is -0.724. The summed E-state index contributed by atoms with van der Waals surface area (Å²) in [5.41, 5.74) is 1.24. The van der Waals surface area contributed by atoms with Gasteiger partial charge in [-0.3, -0.25) is 9.69 Å². The molecule has 1 aliphatic rings. The molecule has 1 N–H and O–H groups in total. The minimum Gasteiger partial charge on any atom is -0.481 e. The number of aliphatic carboxylic acids is 1. The van der Waals surface area contributed by atoms with E-state index >= 15 is 0 Å². The Hall–Kier alpha value is -1.39. The quantitative estimate of drug-likeness (QED) is 0.885. The molecule has 0 radical (unpaired) electrons. The van der Waals surface area contributed by atoms with Crippen LogP contribution in [0.4, 0.5) is 0 Å². The van der Waals surface area contributed by atoms with Crippen molar-refractivity contribution in [2.75, 3.05) is 19.7 Å². The lowest BCUT2D eigenvalue weighted by molar-refractivity contribution is -0.137. The third-order valence-corrected chi connectivity index (χ3v) is 3.49. The maximum absolute atomic E-state index is 10.6. The Bertz CT molecular complexity index is 407. The first-order valence-electron chi connectivity index (χ1n) is 6.79. The molecule has 1 heterocycles. The normalized spacial score (nSPS) is 24.3. The summed E-state index contributed by atoms with van der Waals surface area (Å²) >= 11 is 0. The van der Waals surface area contributed by atoms with Gasteiger partial charge in [-0.25, -0.2) is 0 Å². The van der Waals surface area contributed by atoms with Crippen molar-refractivity contribution in [1.29, 1.82) is 0 Å². The van der Waals surface area contributed by atoms with E-state index in [0.717, 1.165) is 13.1 Å². The van der Waals surface area contributed by atoms with E-state index in [1.54, 1.807) is 0 Å². The summed E-state index contributed by atoms with van der Waals surface area (Å²) in [7, 11) is 0. The molecular formula is C15H21NO3. The van der Waals surface area contributed by atoms with Crippen molar-refractivity contribution in [2.45, 2.75) is 31.9 Å². The Balaban J connectivity index is 2.00. The molecule has 2 atom stereocenters. The van der Waals surface area contributed by atoms with E-state index in [1.807, 2.05) is 18.2 Å². The molecule has 1 fully saturated rings. The standard InChI is InChI=1S/C15H21NO3/c1-12-10-16(9-5-8-15(17)18)14(11-19-12)13-6-3-2-4-7-13/h2-4,6-7,12,14H,5,8-11H2,1H3,(H,17,18)/t12-,14-/m0/s1. The van der Waals surface area contributed by atoms with Crippen molar-refractivity contribution in [3.63, 3.8) is 0 Å². The topological polar surface area (TPSA) is 49.8 Å². The Morgan fingerprint density at radius 1 is 1.42 bits per heavy atom. The Kier molecular flexibility index (Phi) is 4.93. The third kappa shape index (κ3) is 4.04. The number of hydrogen-bond donors (Lipinski definition) is 1. The van der Waals surface area contributed by atoms with Crippen LogP contribution in [-0.4, -0.2) is 41.8 Å². The minimum absolute atomic E-state index is 0.213. The van der Waals surface area contributed by atoms with Crippen LogP contribution in [0.25, 0.3) is 0 Å². The highest BCUT2D eigenvalue weighted by molar-refractivity contribution is 5.66. The molecule has 0 aromatic heterocycles. The van der Waals surface area contributed by atoms with Crippen molar-refractivity contribution < 1.29 is 14.6 Å². The van der Waals surface area contributed by atoms with Crippen molar-refractivity contribution in [2.24, 2.45) is 0 Å². The van der Waals surface area contributed by atoms with Gasteiger partial charge in [-0.2, -0.15) is 0 Å². The maximum Gasteiger partial charge on any atom is 0.303 e. The molecule has 4 nitrogen and oxygen atoms in total. The zero-order valence-corrected chi connectivity index (χ0v) is 11.3. The van der Waals surface area contributed by atoms with Crippen LogP contribution in [0.3, 0.4) is 0 Å². The molecule has 0 spiro atoms. The van der Waals surface area contributed by atoms with Gasteiger partial charge in [0.05, 0.1) is 18.8 Å². The molecule has 0 bridgehead atoms. The smallest absolute Gasteiger partial charge is 0.303 e. The number of hydrogen-bond acceptors (Lipinski definition) is 3. The maximum atomic E-state index is 10.6. The van der Waals surface area contributed by atoms with Gasteiger partial charge in [0.2, 0.25) is 0 Å². The van der Waals surface area contributed by atoms with Gasteiger partial charge in [-0.1, -0.05) is 30.3 Å². The first kappa shape index (κ1) is 14.0. The number of carboxylic acid groups (broad SMARTS) is 1. The summed E-state index contributed by atoms with van der Waals surface area (Å²) in [6.07, 6.45) is 1.13. The van der Waals surface area contributed by atoms with Gasteiger partial charge in [-0.05, 0) is 25.5 Å². The largest absolute Gasteiger partial charge is 0.481 e. The van der Waals surface area contributed by atoms with Gasteiger partial charge in [0.15, 0.2) is 0 Å². The van der Waals surface area contributed by atoms with E-state index in [-0.39, 0.29) is 18.6 Å². The van der Waals surface area contributed by atoms with E-state index in [4.69, 9.17) is 9.84 Å². The van der Waals surface area contributed by atoms with Gasteiger partial charge in [0.25, 0.3) is 0 Å². The van der Waals surface area contributed by atoms with Crippen molar-refractivity contribution in [3.8, 4) is 0 Å². The first-order chi connectivity index (χ1) is 9.16. The number of ether oxygens (including phenoxy) is 1. The van der Waals surface area contributed by atoms with E-state index in [1.165, 1.54) is 5.56 Å². The van der Waals surface area contributed by atoms with E-state index in [9.17, 15) is 4.79 Å². The van der Waals surface area contributed by atoms with Gasteiger partial charge in [0, 0.05) is 13.0 Å². The molecule has 19 heavy (non-hydrogen) atoms. The number of morpholine rings is 1. The molecule has 0 unspecified atom stereocenters. The number of carbonyl (C=O) groups is 1. The molecule has 2 rings (SSSR count). The summed E-state index contributed by atoms with van der Waals surface area (Å²) in [5, 5.41) is 8.73. The summed E-state index contributed by atoms with van der Waals surface area (Å²) in [6.45, 7) is 4.41. The van der Waals surface area contributed by atoms with Crippen LogP contribution >= 0.6 is 0 Å². The average Bonchev–Trinajstić information content (AvgIpc) is 2.39. The van der Waals surface area contributed by atoms with Gasteiger partial charge >= 0.3 is 5.97 Å². The molecule has 1 saturated heterocycles. The molecule has 1 aromatic carbocycles. The number of nitrogens with zero attached hydrogens (tertiary/aromatic N) is 1. The fourth-order valence-corrected chi connectivity index (χ4v) is 2.53. The molecule has 1 aliphatic heterocycles. The van der Waals surface area contributed by atoms with Crippen LogP contribution in [0.5, 0.6) is 0 Å². The Labute approximate surface area is 114 Å². The molecule has 0 aliphatic carbocycles. The van der Waals surface area contributed by atoms with Crippen molar-refractivity contribution in [1.82, 2.24) is 4.90 Å². The summed E-state index contributed by atoms with van der Waals surface area (Å²) in [4.78, 5) is 13.0. The van der Waals surface area contributed by atoms with Crippen LogP contribution in [0.15, 0.2) is 30.3 Å². The lowest BCUT2D eigenvalue weighted by Gasteiger charge is -2.39. The second-order valence-corrected chi connectivity index (χ2v) is 5.06. The molecular weight excluding hydrogens is 242 g/mol. The number of benzene rings is 1. The van der Waals surface area contributed by atoms with Crippen molar-refractivity contribution in [3.05, 3.63) is 35.9 Å². The van der Waals surface area contributed by atoms with Crippen LogP contribution in [0.1, 0.15) is 31.4 Å². The van der Waals surface area contributed by atoms with Gasteiger partial charge < -0.3 is 9.84 Å². The highest BCUT2D eigenvalue weighted by Crippen LogP contribution is 2.26. The lowest BCUT2D eigenvalue weighted by Crippen LogP contribution is -2.44. The third-order valence-electron chi connectivity index (χ3n) is 3.49.